The Labute approximate surface area is 348 Å². The highest BCUT2D eigenvalue weighted by Gasteiger charge is 2.35. The lowest BCUT2D eigenvalue weighted by Gasteiger charge is -2.32. The lowest BCUT2D eigenvalue weighted by Crippen LogP contribution is -2.60. The predicted octanol–water partition coefficient (Wildman–Crippen LogP) is -0.489. The number of aliphatic carboxylic acids is 1. The molecule has 10 N–H and O–H groups in total. The quantitative estimate of drug-likeness (QED) is 0.0687. The van der Waals surface area contributed by atoms with E-state index in [-0.39, 0.29) is 24.7 Å². The van der Waals surface area contributed by atoms with Crippen molar-refractivity contribution in [2.45, 2.75) is 95.9 Å². The molecule has 2 aromatic rings. The number of amides is 8. The highest BCUT2D eigenvalue weighted by molar-refractivity contribution is 6.00. The third kappa shape index (κ3) is 16.7. The molecule has 0 radical (unpaired) electrons. The summed E-state index contributed by atoms with van der Waals surface area (Å²) in [7, 11) is 0. The van der Waals surface area contributed by atoms with E-state index in [9.17, 15) is 48.3 Å². The number of carboxylic acid groups (broad SMARTS) is 1. The van der Waals surface area contributed by atoms with Crippen molar-refractivity contribution in [1.29, 1.82) is 0 Å². The number of carbonyl (C=O) groups excluding carboxylic acids is 8. The summed E-state index contributed by atoms with van der Waals surface area (Å²) < 4.78 is 0. The lowest BCUT2D eigenvalue weighted by molar-refractivity contribution is -0.141. The average molecular weight is 833 g/mol. The van der Waals surface area contributed by atoms with Gasteiger partial charge in [-0.3, -0.25) is 38.4 Å². The normalized spacial score (nSPS) is 15.3. The van der Waals surface area contributed by atoms with Crippen molar-refractivity contribution in [3.8, 4) is 0 Å². The van der Waals surface area contributed by atoms with Crippen LogP contribution in [0.5, 0.6) is 0 Å². The minimum absolute atomic E-state index is 0.0210. The number of rotatable bonds is 22. The summed E-state index contributed by atoms with van der Waals surface area (Å²) in [5.74, 6) is -7.65. The van der Waals surface area contributed by atoms with Crippen molar-refractivity contribution >= 4 is 53.2 Å². The van der Waals surface area contributed by atoms with Gasteiger partial charge >= 0.3 is 5.97 Å². The number of primary amides is 1. The Kier molecular flexibility index (Phi) is 19.4. The molecule has 2 aromatic carbocycles. The minimum atomic E-state index is -1.25. The van der Waals surface area contributed by atoms with E-state index in [0.29, 0.717) is 24.0 Å². The first-order valence-electron chi connectivity index (χ1n) is 19.9. The van der Waals surface area contributed by atoms with Crippen molar-refractivity contribution in [2.24, 2.45) is 17.6 Å². The Morgan fingerprint density at radius 2 is 1.18 bits per heavy atom. The fraction of sp³-hybridized carbons (Fsp3) is 0.452. The number of carbonyl (C=O) groups is 9. The second-order valence-corrected chi connectivity index (χ2v) is 15.0. The number of hydrogen-bond acceptors (Lipinski definition) is 9. The molecule has 1 aliphatic carbocycles. The molecule has 1 fully saturated rings. The van der Waals surface area contributed by atoms with E-state index in [1.165, 1.54) is 6.92 Å². The van der Waals surface area contributed by atoms with Crippen LogP contribution in [0.3, 0.4) is 0 Å². The molecule has 0 heterocycles. The first-order chi connectivity index (χ1) is 28.5. The monoisotopic (exact) mass is 832 g/mol. The van der Waals surface area contributed by atoms with E-state index in [2.05, 4.69) is 37.2 Å². The van der Waals surface area contributed by atoms with Crippen LogP contribution >= 0.6 is 0 Å². The Morgan fingerprint density at radius 1 is 0.633 bits per heavy atom. The Morgan fingerprint density at radius 3 is 1.73 bits per heavy atom. The summed E-state index contributed by atoms with van der Waals surface area (Å²) in [4.78, 5) is 114. The number of hydrogen-bond donors (Lipinski definition) is 9. The maximum absolute atomic E-state index is 13.9. The number of nitrogens with one attached hydrogen (secondary N) is 7. The van der Waals surface area contributed by atoms with Gasteiger partial charge in [0.2, 0.25) is 47.3 Å². The number of nitrogens with two attached hydrogens (primary N) is 1. The van der Waals surface area contributed by atoms with E-state index in [0.717, 1.165) is 31.4 Å². The van der Waals surface area contributed by atoms with Gasteiger partial charge in [0.1, 0.15) is 30.2 Å². The molecule has 1 aliphatic rings. The van der Waals surface area contributed by atoms with Crippen LogP contribution in [0.1, 0.15) is 64.0 Å². The fourth-order valence-corrected chi connectivity index (χ4v) is 6.53. The standard InChI is InChI=1S/C42H56N8O10/c1-25(2)36(38(43)55)49-39(56)26(3)46-41(58)37(29-17-11-6-12-18-29)50-40(57)30(21-27-13-7-4-8-14-27)47-33(52)20-19-32(51)44-23-34(53)45-24-35(54)48-31(42(59)60)22-28-15-9-5-10-16-28/h4-5,7-10,13-16,19-20,25-26,29-31,36-37H,6,11-12,17-18,21-24H2,1-3H3,(H2,43,55)(H,44,51)(H,45,53)(H,46,58)(H,47,52)(H,48,54)(H,49,56)(H,50,57)(H,59,60)/b20-19+/t26-,30-,31-,36-,37-/m0/s1. The maximum atomic E-state index is 13.9. The van der Waals surface area contributed by atoms with Gasteiger partial charge in [-0.15, -0.1) is 0 Å². The van der Waals surface area contributed by atoms with Crippen LogP contribution in [0.15, 0.2) is 72.8 Å². The van der Waals surface area contributed by atoms with Crippen LogP contribution in [0, 0.1) is 11.8 Å². The third-order valence-electron chi connectivity index (χ3n) is 9.81. The molecule has 0 aromatic heterocycles. The summed E-state index contributed by atoms with van der Waals surface area (Å²) in [5.41, 5.74) is 6.81. The molecule has 60 heavy (non-hydrogen) atoms. The smallest absolute Gasteiger partial charge is 0.326 e. The minimum Gasteiger partial charge on any atom is -0.480 e. The molecule has 1 saturated carbocycles. The van der Waals surface area contributed by atoms with Gasteiger partial charge in [0.15, 0.2) is 0 Å². The Bertz CT molecular complexity index is 1850. The molecule has 0 bridgehead atoms. The van der Waals surface area contributed by atoms with Gasteiger partial charge < -0.3 is 48.1 Å². The molecule has 18 heteroatoms. The Balaban J connectivity index is 1.60. The summed E-state index contributed by atoms with van der Waals surface area (Å²) >= 11 is 0. The average Bonchev–Trinajstić information content (AvgIpc) is 3.22. The Hall–Kier alpha value is -6.59. The van der Waals surface area contributed by atoms with Gasteiger partial charge in [-0.2, -0.15) is 0 Å². The first kappa shape index (κ1) is 47.8. The molecule has 0 spiro atoms. The van der Waals surface area contributed by atoms with Gasteiger partial charge in [0.25, 0.3) is 0 Å². The lowest BCUT2D eigenvalue weighted by atomic mass is 9.83. The predicted molar refractivity (Wildman–Crippen MR) is 219 cm³/mol. The van der Waals surface area contributed by atoms with E-state index in [1.807, 2.05) is 0 Å². The summed E-state index contributed by atoms with van der Waals surface area (Å²) in [5, 5.41) is 27.0. The first-order valence-corrected chi connectivity index (χ1v) is 19.9. The van der Waals surface area contributed by atoms with Crippen molar-refractivity contribution in [2.75, 3.05) is 13.1 Å². The zero-order valence-electron chi connectivity index (χ0n) is 34.0. The molecule has 8 amide bonds. The number of carboxylic acids is 1. The second kappa shape index (κ2) is 24.4. The zero-order valence-corrected chi connectivity index (χ0v) is 34.0. The molecule has 0 unspecified atom stereocenters. The SMILES string of the molecule is CC(C)[C@H](NC(=O)[C@H](C)NC(=O)[C@@H](NC(=O)[C@H](Cc1ccccc1)NC(=O)/C=C/C(=O)NCC(=O)NCC(=O)N[C@@H](Cc1ccccc1)C(=O)O)C1CCCCC1)C(N)=O. The molecule has 3 rings (SSSR count). The van der Waals surface area contributed by atoms with E-state index >= 15 is 0 Å². The third-order valence-corrected chi connectivity index (χ3v) is 9.81. The van der Waals surface area contributed by atoms with Gasteiger partial charge in [-0.25, -0.2) is 4.79 Å². The van der Waals surface area contributed by atoms with Crippen LogP contribution in [0.2, 0.25) is 0 Å². The molecular formula is C42H56N8O10. The fourth-order valence-electron chi connectivity index (χ4n) is 6.53. The summed E-state index contributed by atoms with van der Waals surface area (Å²) in [6, 6.07) is 11.9. The van der Waals surface area contributed by atoms with Gasteiger partial charge in [-0.1, -0.05) is 93.8 Å². The van der Waals surface area contributed by atoms with Crippen molar-refractivity contribution in [1.82, 2.24) is 37.2 Å². The van der Waals surface area contributed by atoms with Gasteiger partial charge in [0, 0.05) is 25.0 Å². The zero-order chi connectivity index (χ0) is 44.2. The molecular weight excluding hydrogens is 777 g/mol. The van der Waals surface area contributed by atoms with E-state index in [1.54, 1.807) is 74.5 Å². The van der Waals surface area contributed by atoms with E-state index < -0.39 is 96.5 Å². The van der Waals surface area contributed by atoms with Crippen LogP contribution in [0.4, 0.5) is 0 Å². The molecule has 0 saturated heterocycles. The van der Waals surface area contributed by atoms with Crippen LogP contribution in [-0.2, 0) is 56.0 Å². The topological polar surface area (TPSA) is 284 Å². The maximum Gasteiger partial charge on any atom is 0.326 e. The summed E-state index contributed by atoms with van der Waals surface area (Å²) in [6.07, 6.45) is 5.64. The molecule has 5 atom stereocenters. The number of benzene rings is 2. The highest BCUT2D eigenvalue weighted by atomic mass is 16.4. The van der Waals surface area contributed by atoms with Gasteiger partial charge in [-0.05, 0) is 42.7 Å². The molecule has 18 nitrogen and oxygen atoms in total. The second-order valence-electron chi connectivity index (χ2n) is 15.0. The van der Waals surface area contributed by atoms with Crippen molar-refractivity contribution < 1.29 is 48.3 Å². The molecule has 324 valence electrons. The van der Waals surface area contributed by atoms with Crippen molar-refractivity contribution in [3.05, 3.63) is 83.9 Å². The highest BCUT2D eigenvalue weighted by Crippen LogP contribution is 2.27. The van der Waals surface area contributed by atoms with Crippen LogP contribution < -0.4 is 43.0 Å². The summed E-state index contributed by atoms with van der Waals surface area (Å²) in [6.45, 7) is 3.76. The van der Waals surface area contributed by atoms with Crippen LogP contribution in [0.25, 0.3) is 0 Å². The van der Waals surface area contributed by atoms with Crippen molar-refractivity contribution in [3.63, 3.8) is 0 Å². The van der Waals surface area contributed by atoms with Crippen LogP contribution in [-0.4, -0.2) is 102 Å². The molecule has 0 aliphatic heterocycles. The van der Waals surface area contributed by atoms with Gasteiger partial charge in [0.05, 0.1) is 13.1 Å². The van der Waals surface area contributed by atoms with E-state index in [4.69, 9.17) is 5.73 Å². The largest absolute Gasteiger partial charge is 0.480 e.